The number of aromatic nitrogens is 3. The van der Waals surface area contributed by atoms with Crippen LogP contribution < -0.4 is 9.80 Å². The fourth-order valence-electron chi connectivity index (χ4n) is 9.82. The molecule has 0 aliphatic carbocycles. The molecular weight excluding hydrogens is 891 g/mol. The number of benzene rings is 10. The normalized spacial score (nSPS) is 11.0. The van der Waals surface area contributed by atoms with Gasteiger partial charge in [0.2, 0.25) is 0 Å². The summed E-state index contributed by atoms with van der Waals surface area (Å²) in [6.07, 6.45) is 0. The Kier molecular flexibility index (Phi) is 11.6. The second-order valence-corrected chi connectivity index (χ2v) is 17.7. The summed E-state index contributed by atoms with van der Waals surface area (Å²) in [5.41, 5.74) is 15.2. The Morgan fingerprint density at radius 3 is 1.14 bits per heavy atom. The van der Waals surface area contributed by atoms with Gasteiger partial charge in [-0.3, -0.25) is 0 Å². The summed E-state index contributed by atoms with van der Waals surface area (Å²) < 4.78 is 2.14. The fourth-order valence-corrected chi connectivity index (χ4v) is 9.82. The maximum atomic E-state index is 11.1. The van der Waals surface area contributed by atoms with Crippen molar-refractivity contribution < 1.29 is 0 Å². The zero-order chi connectivity index (χ0) is 49.1. The lowest BCUT2D eigenvalue weighted by molar-refractivity contribution is 1.16. The summed E-state index contributed by atoms with van der Waals surface area (Å²) in [6, 6.07) is 93.4. The standard InChI is InChI=1S/C66H43N7/c67-44-50-40-65(51(45-68)39-58(50)46-31-33-48(34-32-46)62-43-61(47-19-7-1-8-20-47)69-66(70-62)49-21-9-2-10-22-49)73-63-37-35-56(71(52-23-11-3-12-24-52)53-25-13-4-14-26-53)41-59(63)60-42-57(36-38-64(60)73)72(54-27-15-5-16-28-54)55-29-17-6-18-30-55/h1-43H. The molecule has 0 aliphatic heterocycles. The van der Waals surface area contributed by atoms with Crippen LogP contribution in [0, 0.1) is 22.7 Å². The van der Waals surface area contributed by atoms with Crippen molar-refractivity contribution in [2.24, 2.45) is 0 Å². The van der Waals surface area contributed by atoms with Gasteiger partial charge in [0.1, 0.15) is 6.07 Å². The Labute approximate surface area is 423 Å². The monoisotopic (exact) mass is 933 g/mol. The molecule has 342 valence electrons. The average Bonchev–Trinajstić information content (AvgIpc) is 3.79. The number of nitriles is 2. The first-order valence-corrected chi connectivity index (χ1v) is 24.1. The lowest BCUT2D eigenvalue weighted by Gasteiger charge is -2.26. The van der Waals surface area contributed by atoms with E-state index < -0.39 is 0 Å². The Hall–Kier alpha value is -10.3. The van der Waals surface area contributed by atoms with Crippen LogP contribution in [0.25, 0.3) is 72.5 Å². The molecule has 73 heavy (non-hydrogen) atoms. The smallest absolute Gasteiger partial charge is 0.160 e. The zero-order valence-electron chi connectivity index (χ0n) is 39.5. The molecule has 0 unspecified atom stereocenters. The van der Waals surface area contributed by atoms with Gasteiger partial charge in [0.25, 0.3) is 0 Å². The summed E-state index contributed by atoms with van der Waals surface area (Å²) in [7, 11) is 0. The molecular formula is C66H43N7. The van der Waals surface area contributed by atoms with E-state index in [1.54, 1.807) is 0 Å². The van der Waals surface area contributed by atoms with Crippen LogP contribution in [0.2, 0.25) is 0 Å². The molecule has 0 amide bonds. The number of fused-ring (bicyclic) bond motifs is 3. The molecule has 7 nitrogen and oxygen atoms in total. The zero-order valence-corrected chi connectivity index (χ0v) is 39.5. The van der Waals surface area contributed by atoms with Crippen molar-refractivity contribution in [1.29, 1.82) is 10.5 Å². The molecule has 0 saturated heterocycles. The molecule has 12 rings (SSSR count). The summed E-state index contributed by atoms with van der Waals surface area (Å²) in [6.45, 7) is 0. The number of hydrogen-bond donors (Lipinski definition) is 0. The third-order valence-electron chi connectivity index (χ3n) is 13.2. The topological polar surface area (TPSA) is 84.8 Å². The van der Waals surface area contributed by atoms with Gasteiger partial charge in [0.15, 0.2) is 5.82 Å². The van der Waals surface area contributed by atoms with Gasteiger partial charge in [-0.05, 0) is 109 Å². The molecule has 2 heterocycles. The molecule has 7 heteroatoms. The summed E-state index contributed by atoms with van der Waals surface area (Å²) in [4.78, 5) is 14.5. The number of anilines is 6. The molecule has 0 atom stereocenters. The highest BCUT2D eigenvalue weighted by molar-refractivity contribution is 6.12. The fraction of sp³-hybridized carbons (Fsp3) is 0. The predicted octanol–water partition coefficient (Wildman–Crippen LogP) is 16.9. The first kappa shape index (κ1) is 43.9. The number of hydrogen-bond acceptors (Lipinski definition) is 6. The minimum atomic E-state index is 0.436. The van der Waals surface area contributed by atoms with Crippen LogP contribution in [0.5, 0.6) is 0 Å². The molecule has 0 N–H and O–H groups in total. The molecule has 0 fully saturated rings. The highest BCUT2D eigenvalue weighted by Gasteiger charge is 2.23. The highest BCUT2D eigenvalue weighted by atomic mass is 15.1. The Balaban J connectivity index is 1.01. The highest BCUT2D eigenvalue weighted by Crippen LogP contribution is 2.44. The Morgan fingerprint density at radius 2 is 0.712 bits per heavy atom. The SMILES string of the molecule is N#Cc1cc(-n2c3ccc(N(c4ccccc4)c4ccccc4)cc3c3cc(N(c4ccccc4)c4ccccc4)ccc32)c(C#N)cc1-c1ccc(-c2cc(-c3ccccc3)nc(-c3ccccc3)n2)cc1. The average molecular weight is 934 g/mol. The van der Waals surface area contributed by atoms with Gasteiger partial charge in [-0.15, -0.1) is 0 Å². The van der Waals surface area contributed by atoms with Gasteiger partial charge in [0.05, 0.1) is 45.3 Å². The van der Waals surface area contributed by atoms with Crippen LogP contribution in [0.1, 0.15) is 11.1 Å². The maximum absolute atomic E-state index is 11.1. The van der Waals surface area contributed by atoms with Crippen molar-refractivity contribution in [3.05, 3.63) is 272 Å². The van der Waals surface area contributed by atoms with E-state index in [2.05, 4.69) is 172 Å². The molecule has 0 saturated carbocycles. The van der Waals surface area contributed by atoms with Crippen LogP contribution >= 0.6 is 0 Å². The van der Waals surface area contributed by atoms with Gasteiger partial charge in [0, 0.05) is 67.2 Å². The largest absolute Gasteiger partial charge is 0.310 e. The van der Waals surface area contributed by atoms with E-state index in [4.69, 9.17) is 9.97 Å². The molecule has 2 aromatic heterocycles. The minimum Gasteiger partial charge on any atom is -0.310 e. The number of para-hydroxylation sites is 4. The van der Waals surface area contributed by atoms with Crippen molar-refractivity contribution in [2.45, 2.75) is 0 Å². The van der Waals surface area contributed by atoms with Gasteiger partial charge < -0.3 is 14.4 Å². The summed E-state index contributed by atoms with van der Waals surface area (Å²) >= 11 is 0. The van der Waals surface area contributed by atoms with Crippen molar-refractivity contribution in [1.82, 2.24) is 14.5 Å². The van der Waals surface area contributed by atoms with Crippen molar-refractivity contribution in [3.63, 3.8) is 0 Å². The van der Waals surface area contributed by atoms with Crippen LogP contribution in [0.3, 0.4) is 0 Å². The van der Waals surface area contributed by atoms with Gasteiger partial charge >= 0.3 is 0 Å². The van der Waals surface area contributed by atoms with Crippen LogP contribution in [0.15, 0.2) is 261 Å². The lowest BCUT2D eigenvalue weighted by Crippen LogP contribution is -2.09. The van der Waals surface area contributed by atoms with Crippen LogP contribution in [-0.2, 0) is 0 Å². The molecule has 0 spiro atoms. The molecule has 12 aromatic rings. The molecule has 0 aliphatic rings. The maximum Gasteiger partial charge on any atom is 0.160 e. The van der Waals surface area contributed by atoms with Crippen molar-refractivity contribution >= 4 is 55.9 Å². The minimum absolute atomic E-state index is 0.436. The van der Waals surface area contributed by atoms with Gasteiger partial charge in [-0.2, -0.15) is 10.5 Å². The third-order valence-corrected chi connectivity index (χ3v) is 13.2. The second-order valence-electron chi connectivity index (χ2n) is 17.7. The quantitative estimate of drug-likeness (QED) is 0.128. The lowest BCUT2D eigenvalue weighted by atomic mass is 9.95. The number of nitrogens with zero attached hydrogens (tertiary/aromatic N) is 7. The molecule has 0 bridgehead atoms. The van der Waals surface area contributed by atoms with E-state index in [1.165, 1.54) is 0 Å². The van der Waals surface area contributed by atoms with E-state index in [1.807, 2.05) is 115 Å². The number of rotatable bonds is 11. The summed E-state index contributed by atoms with van der Waals surface area (Å²) in [5, 5.41) is 24.0. The van der Waals surface area contributed by atoms with E-state index in [0.29, 0.717) is 28.2 Å². The predicted molar refractivity (Wildman–Crippen MR) is 297 cm³/mol. The third kappa shape index (κ3) is 8.40. The van der Waals surface area contributed by atoms with Crippen molar-refractivity contribution in [3.8, 4) is 62.9 Å². The Morgan fingerprint density at radius 1 is 0.329 bits per heavy atom. The summed E-state index contributed by atoms with van der Waals surface area (Å²) in [5.74, 6) is 0.633. The first-order valence-electron chi connectivity index (χ1n) is 24.1. The van der Waals surface area contributed by atoms with E-state index in [9.17, 15) is 10.5 Å². The van der Waals surface area contributed by atoms with Gasteiger partial charge in [-0.1, -0.05) is 158 Å². The van der Waals surface area contributed by atoms with E-state index in [-0.39, 0.29) is 0 Å². The second kappa shape index (κ2) is 19.2. The Bertz CT molecular complexity index is 3740. The van der Waals surface area contributed by atoms with E-state index in [0.717, 1.165) is 89.6 Å². The van der Waals surface area contributed by atoms with Crippen LogP contribution in [0.4, 0.5) is 34.1 Å². The van der Waals surface area contributed by atoms with Gasteiger partial charge in [-0.25, -0.2) is 9.97 Å². The van der Waals surface area contributed by atoms with Crippen molar-refractivity contribution in [2.75, 3.05) is 9.80 Å². The molecule has 0 radical (unpaired) electrons. The first-order chi connectivity index (χ1) is 36.1. The van der Waals surface area contributed by atoms with E-state index >= 15 is 0 Å². The van der Waals surface area contributed by atoms with Crippen LogP contribution in [-0.4, -0.2) is 14.5 Å². The molecule has 10 aromatic carbocycles.